The topological polar surface area (TPSA) is 96.0 Å². The molecule has 1 N–H and O–H groups in total. The number of rotatable bonds is 13. The maximum absolute atomic E-state index is 15.0. The van der Waals surface area contributed by atoms with Gasteiger partial charge in [-0.05, 0) is 55.8 Å². The number of hydrogen-bond donors (Lipinski definition) is 1. The Kier molecular flexibility index (Phi) is 11.2. The summed E-state index contributed by atoms with van der Waals surface area (Å²) in [5.74, 6) is -1.60. The Bertz CT molecular complexity index is 1740. The van der Waals surface area contributed by atoms with Gasteiger partial charge in [0.05, 0.1) is 17.7 Å². The quantitative estimate of drug-likeness (QED) is 0.198. The standard InChI is InChI=1S/C34H35ClFN3O5S/c1-4-37-34(41)31(20-25-10-6-5-7-11-25)38(22-26-12-8-9-13-29(26)36)33(40)23-39(30-21-27(35)16-19-32(30)44-3)45(42,43)28-17-14-24(2)15-18-28/h5-19,21,31H,4,20,22-23H2,1-3H3,(H,37,41)/t31-/m0/s1. The average molecular weight is 652 g/mol. The Hall–Kier alpha value is -4.41. The summed E-state index contributed by atoms with van der Waals surface area (Å²) in [7, 11) is -3.00. The molecule has 0 aromatic heterocycles. The highest BCUT2D eigenvalue weighted by atomic mass is 35.5. The lowest BCUT2D eigenvalue weighted by molar-refractivity contribution is -0.140. The summed E-state index contributed by atoms with van der Waals surface area (Å²) in [5, 5.41) is 3.00. The minimum atomic E-state index is -4.37. The van der Waals surface area contributed by atoms with Gasteiger partial charge in [0.2, 0.25) is 11.8 Å². The van der Waals surface area contributed by atoms with Gasteiger partial charge in [0, 0.05) is 30.1 Å². The van der Waals surface area contributed by atoms with Crippen LogP contribution in [-0.4, -0.2) is 51.4 Å². The van der Waals surface area contributed by atoms with Crippen molar-refractivity contribution in [2.45, 2.75) is 37.8 Å². The van der Waals surface area contributed by atoms with Crippen LogP contribution in [0.1, 0.15) is 23.6 Å². The molecule has 4 aromatic rings. The number of aryl methyl sites for hydroxylation is 1. The molecule has 11 heteroatoms. The Morgan fingerprint density at radius 3 is 2.27 bits per heavy atom. The number of sulfonamides is 1. The van der Waals surface area contributed by atoms with Gasteiger partial charge in [-0.1, -0.05) is 77.8 Å². The molecule has 0 spiro atoms. The number of amides is 2. The molecular formula is C34H35ClFN3O5S. The van der Waals surface area contributed by atoms with Gasteiger partial charge in [-0.15, -0.1) is 0 Å². The first-order chi connectivity index (χ1) is 21.5. The molecule has 0 aliphatic carbocycles. The van der Waals surface area contributed by atoms with Gasteiger partial charge in [-0.25, -0.2) is 12.8 Å². The van der Waals surface area contributed by atoms with Crippen molar-refractivity contribution in [3.63, 3.8) is 0 Å². The van der Waals surface area contributed by atoms with Gasteiger partial charge in [-0.3, -0.25) is 13.9 Å². The van der Waals surface area contributed by atoms with Crippen molar-refractivity contribution in [2.75, 3.05) is 24.5 Å². The van der Waals surface area contributed by atoms with E-state index in [0.29, 0.717) is 6.54 Å². The molecule has 0 fully saturated rings. The van der Waals surface area contributed by atoms with Crippen LogP contribution in [0.2, 0.25) is 5.02 Å². The third kappa shape index (κ3) is 8.20. The molecule has 45 heavy (non-hydrogen) atoms. The number of methoxy groups -OCH3 is 1. The van der Waals surface area contributed by atoms with Crippen molar-refractivity contribution in [3.05, 3.63) is 125 Å². The van der Waals surface area contributed by atoms with Gasteiger partial charge in [0.25, 0.3) is 10.0 Å². The van der Waals surface area contributed by atoms with Gasteiger partial charge >= 0.3 is 0 Å². The highest BCUT2D eigenvalue weighted by Crippen LogP contribution is 2.35. The van der Waals surface area contributed by atoms with E-state index in [0.717, 1.165) is 15.4 Å². The smallest absolute Gasteiger partial charge is 0.264 e. The molecule has 0 aliphatic rings. The van der Waals surface area contributed by atoms with E-state index in [2.05, 4.69) is 5.32 Å². The van der Waals surface area contributed by atoms with Gasteiger partial charge in [-0.2, -0.15) is 0 Å². The van der Waals surface area contributed by atoms with Crippen LogP contribution in [0.4, 0.5) is 10.1 Å². The van der Waals surface area contributed by atoms with E-state index in [-0.39, 0.29) is 39.9 Å². The highest BCUT2D eigenvalue weighted by Gasteiger charge is 2.36. The van der Waals surface area contributed by atoms with Crippen molar-refractivity contribution in [1.82, 2.24) is 10.2 Å². The summed E-state index contributed by atoms with van der Waals surface area (Å²) in [5.41, 5.74) is 1.81. The predicted molar refractivity (Wildman–Crippen MR) is 173 cm³/mol. The fourth-order valence-electron chi connectivity index (χ4n) is 4.86. The number of hydrogen-bond acceptors (Lipinski definition) is 5. The Balaban J connectivity index is 1.85. The molecule has 0 bridgehead atoms. The lowest BCUT2D eigenvalue weighted by Crippen LogP contribution is -2.53. The van der Waals surface area contributed by atoms with Crippen LogP contribution in [0.5, 0.6) is 5.75 Å². The molecule has 0 radical (unpaired) electrons. The summed E-state index contributed by atoms with van der Waals surface area (Å²) in [4.78, 5) is 29.2. The molecular weight excluding hydrogens is 617 g/mol. The number of halogens is 2. The zero-order valence-corrected chi connectivity index (χ0v) is 26.8. The Labute approximate surface area is 268 Å². The van der Waals surface area contributed by atoms with Crippen LogP contribution in [-0.2, 0) is 32.6 Å². The zero-order valence-electron chi connectivity index (χ0n) is 25.2. The van der Waals surface area contributed by atoms with Gasteiger partial charge in [0.15, 0.2) is 0 Å². The molecule has 0 aliphatic heterocycles. The molecule has 0 saturated carbocycles. The summed E-state index contributed by atoms with van der Waals surface area (Å²) >= 11 is 6.31. The van der Waals surface area contributed by atoms with Gasteiger partial charge in [0.1, 0.15) is 24.2 Å². The number of nitrogens with zero attached hydrogens (tertiary/aromatic N) is 2. The van der Waals surface area contributed by atoms with Crippen LogP contribution < -0.4 is 14.4 Å². The normalized spacial score (nSPS) is 11.8. The fourth-order valence-corrected chi connectivity index (χ4v) is 6.45. The number of nitrogens with one attached hydrogen (secondary N) is 1. The number of carbonyl (C=O) groups is 2. The van der Waals surface area contributed by atoms with Crippen LogP contribution >= 0.6 is 11.6 Å². The van der Waals surface area contributed by atoms with Crippen LogP contribution in [0.3, 0.4) is 0 Å². The van der Waals surface area contributed by atoms with Crippen LogP contribution in [0.15, 0.2) is 102 Å². The van der Waals surface area contributed by atoms with E-state index in [4.69, 9.17) is 16.3 Å². The number of ether oxygens (including phenoxy) is 1. The number of likely N-dealkylation sites (N-methyl/N-ethyl adjacent to an activating group) is 1. The fraction of sp³-hybridized carbons (Fsp3) is 0.235. The first kappa shape index (κ1) is 33.5. The highest BCUT2D eigenvalue weighted by molar-refractivity contribution is 7.92. The van der Waals surface area contributed by atoms with E-state index < -0.39 is 40.2 Å². The minimum Gasteiger partial charge on any atom is -0.495 e. The van der Waals surface area contributed by atoms with Crippen molar-refractivity contribution in [3.8, 4) is 5.75 Å². The zero-order chi connectivity index (χ0) is 32.6. The summed E-state index contributed by atoms with van der Waals surface area (Å²) in [6, 6.07) is 24.6. The number of benzene rings is 4. The van der Waals surface area contributed by atoms with Crippen molar-refractivity contribution >= 4 is 39.1 Å². The predicted octanol–water partition coefficient (Wildman–Crippen LogP) is 5.77. The summed E-state index contributed by atoms with van der Waals surface area (Å²) in [6.07, 6.45) is 0.109. The molecule has 0 saturated heterocycles. The van der Waals surface area contributed by atoms with Crippen LogP contribution in [0.25, 0.3) is 0 Å². The third-order valence-corrected chi connectivity index (χ3v) is 9.23. The van der Waals surface area contributed by atoms with Gasteiger partial charge < -0.3 is 15.0 Å². The van der Waals surface area contributed by atoms with Crippen molar-refractivity contribution in [1.29, 1.82) is 0 Å². The van der Waals surface area contributed by atoms with E-state index in [9.17, 15) is 22.4 Å². The summed E-state index contributed by atoms with van der Waals surface area (Å²) in [6.45, 7) is 2.85. The maximum atomic E-state index is 15.0. The molecule has 2 amide bonds. The lowest BCUT2D eigenvalue weighted by Gasteiger charge is -2.34. The largest absolute Gasteiger partial charge is 0.495 e. The molecule has 0 heterocycles. The molecule has 236 valence electrons. The second-order valence-corrected chi connectivity index (χ2v) is 12.7. The van der Waals surface area contributed by atoms with E-state index in [1.54, 1.807) is 25.1 Å². The Morgan fingerprint density at radius 1 is 0.956 bits per heavy atom. The number of carbonyl (C=O) groups excluding carboxylic acids is 2. The molecule has 4 aromatic carbocycles. The first-order valence-electron chi connectivity index (χ1n) is 14.3. The van der Waals surface area contributed by atoms with E-state index in [1.165, 1.54) is 60.5 Å². The number of anilines is 1. The third-order valence-electron chi connectivity index (χ3n) is 7.22. The second-order valence-electron chi connectivity index (χ2n) is 10.4. The minimum absolute atomic E-state index is 0.0300. The monoisotopic (exact) mass is 651 g/mol. The van der Waals surface area contributed by atoms with Crippen molar-refractivity contribution in [2.24, 2.45) is 0 Å². The van der Waals surface area contributed by atoms with Crippen molar-refractivity contribution < 1.29 is 27.1 Å². The molecule has 4 rings (SSSR count). The van der Waals surface area contributed by atoms with E-state index in [1.807, 2.05) is 37.3 Å². The van der Waals surface area contributed by atoms with Crippen LogP contribution in [0, 0.1) is 12.7 Å². The molecule has 8 nitrogen and oxygen atoms in total. The van der Waals surface area contributed by atoms with E-state index >= 15 is 0 Å². The second kappa shape index (κ2) is 15.0. The average Bonchev–Trinajstić information content (AvgIpc) is 3.03. The maximum Gasteiger partial charge on any atom is 0.264 e. The SMILES string of the molecule is CCNC(=O)[C@H](Cc1ccccc1)N(Cc1ccccc1F)C(=O)CN(c1cc(Cl)ccc1OC)S(=O)(=O)c1ccc(C)cc1. The Morgan fingerprint density at radius 2 is 1.62 bits per heavy atom. The molecule has 1 atom stereocenters. The summed E-state index contributed by atoms with van der Waals surface area (Å²) < 4.78 is 49.8. The first-order valence-corrected chi connectivity index (χ1v) is 16.1. The lowest BCUT2D eigenvalue weighted by atomic mass is 10.0. The molecule has 0 unspecified atom stereocenters.